The van der Waals surface area contributed by atoms with Gasteiger partial charge in [-0.1, -0.05) is 6.07 Å². The van der Waals surface area contributed by atoms with Crippen LogP contribution in [0.1, 0.15) is 29.3 Å². The van der Waals surface area contributed by atoms with E-state index in [1.54, 1.807) is 26.1 Å². The quantitative estimate of drug-likeness (QED) is 0.665. The van der Waals surface area contributed by atoms with Gasteiger partial charge < -0.3 is 19.9 Å². The molecule has 3 heterocycles. The summed E-state index contributed by atoms with van der Waals surface area (Å²) in [5.41, 5.74) is -0.928. The van der Waals surface area contributed by atoms with Gasteiger partial charge in [0.25, 0.3) is 5.91 Å². The lowest BCUT2D eigenvalue weighted by Crippen LogP contribution is -2.59. The van der Waals surface area contributed by atoms with Gasteiger partial charge in [-0.05, 0) is 25.3 Å². The predicted octanol–water partition coefficient (Wildman–Crippen LogP) is 1.97. The standard InChI is InChI=1S/C18H25N5O2S.C2HF3O2/c1-18(2,20-16(24)14-5-4-12-26-14)17(25)23-10-8-22(9-11-23)13-15-19-6-7-21(15)3;3-2(4,5)1(6)7/h4-7,12H,8-11,13H2,1-3H3,(H,20,24);(H,6,7). The van der Waals surface area contributed by atoms with Crippen molar-refractivity contribution >= 4 is 29.1 Å². The number of halogens is 3. The lowest BCUT2D eigenvalue weighted by Gasteiger charge is -2.38. The summed E-state index contributed by atoms with van der Waals surface area (Å²) >= 11 is 1.37. The fourth-order valence-electron chi connectivity index (χ4n) is 3.06. The molecule has 1 fully saturated rings. The normalized spacial score (nSPS) is 14.9. The van der Waals surface area contributed by atoms with E-state index >= 15 is 0 Å². The molecule has 2 amide bonds. The summed E-state index contributed by atoms with van der Waals surface area (Å²) in [7, 11) is 1.99. The summed E-state index contributed by atoms with van der Waals surface area (Å²) in [6.45, 7) is 7.22. The molecule has 182 valence electrons. The number of nitrogens with zero attached hydrogens (tertiary/aromatic N) is 4. The molecule has 0 spiro atoms. The van der Waals surface area contributed by atoms with Gasteiger partial charge >= 0.3 is 12.1 Å². The second kappa shape index (κ2) is 10.8. The number of imidazole rings is 1. The van der Waals surface area contributed by atoms with E-state index < -0.39 is 17.7 Å². The molecule has 0 saturated carbocycles. The average molecular weight is 490 g/mol. The number of hydrogen-bond acceptors (Lipinski definition) is 6. The Morgan fingerprint density at radius 1 is 1.18 bits per heavy atom. The molecule has 2 aromatic heterocycles. The second-order valence-corrected chi connectivity index (χ2v) is 8.83. The van der Waals surface area contributed by atoms with Crippen LogP contribution in [0.3, 0.4) is 0 Å². The number of aryl methyl sites for hydroxylation is 1. The Hall–Kier alpha value is -2.93. The molecule has 1 aliphatic heterocycles. The number of carbonyl (C=O) groups excluding carboxylic acids is 2. The van der Waals surface area contributed by atoms with Gasteiger partial charge in [-0.25, -0.2) is 9.78 Å². The molecule has 0 radical (unpaired) electrons. The zero-order valence-corrected chi connectivity index (χ0v) is 19.2. The van der Waals surface area contributed by atoms with Crippen LogP contribution in [0, 0.1) is 0 Å². The van der Waals surface area contributed by atoms with Gasteiger partial charge in [-0.3, -0.25) is 14.5 Å². The fraction of sp³-hybridized carbons (Fsp3) is 0.500. The van der Waals surface area contributed by atoms with Crippen LogP contribution >= 0.6 is 11.3 Å². The van der Waals surface area contributed by atoms with E-state index in [9.17, 15) is 22.8 Å². The molecule has 2 aromatic rings. The number of carboxylic acids is 1. The van der Waals surface area contributed by atoms with E-state index in [0.717, 1.165) is 25.5 Å². The molecule has 1 aliphatic rings. The SMILES string of the molecule is Cn1ccnc1CN1CCN(C(=O)C(C)(C)NC(=O)c2cccs2)CC1.O=C(O)C(F)(F)F. The Balaban J connectivity index is 0.000000479. The predicted molar refractivity (Wildman–Crippen MR) is 115 cm³/mol. The third-order valence-corrected chi connectivity index (χ3v) is 5.76. The van der Waals surface area contributed by atoms with Crippen molar-refractivity contribution in [1.29, 1.82) is 0 Å². The summed E-state index contributed by atoms with van der Waals surface area (Å²) < 4.78 is 33.8. The molecule has 33 heavy (non-hydrogen) atoms. The molecular formula is C20H26F3N5O4S. The monoisotopic (exact) mass is 489 g/mol. The van der Waals surface area contributed by atoms with Gasteiger partial charge in [0.2, 0.25) is 5.91 Å². The molecule has 0 aliphatic carbocycles. The number of aliphatic carboxylic acids is 1. The van der Waals surface area contributed by atoms with E-state index in [1.165, 1.54) is 11.3 Å². The van der Waals surface area contributed by atoms with Crippen LogP contribution < -0.4 is 5.32 Å². The summed E-state index contributed by atoms with van der Waals surface area (Å²) in [4.78, 5) is 43.2. The largest absolute Gasteiger partial charge is 0.490 e. The molecular weight excluding hydrogens is 463 g/mol. The second-order valence-electron chi connectivity index (χ2n) is 7.88. The van der Waals surface area contributed by atoms with Gasteiger partial charge in [0.15, 0.2) is 0 Å². The highest BCUT2D eigenvalue weighted by molar-refractivity contribution is 7.12. The van der Waals surface area contributed by atoms with Crippen LogP contribution in [-0.2, 0) is 23.2 Å². The van der Waals surface area contributed by atoms with Crippen LogP contribution in [0.2, 0.25) is 0 Å². The molecule has 0 atom stereocenters. The van der Waals surface area contributed by atoms with E-state index in [1.807, 2.05) is 34.2 Å². The first-order valence-corrected chi connectivity index (χ1v) is 10.8. The molecule has 13 heteroatoms. The number of rotatable bonds is 5. The highest BCUT2D eigenvalue weighted by Crippen LogP contribution is 2.16. The van der Waals surface area contributed by atoms with Crippen molar-refractivity contribution in [3.05, 3.63) is 40.6 Å². The number of amides is 2. The molecule has 0 aromatic carbocycles. The third kappa shape index (κ3) is 7.56. The smallest absolute Gasteiger partial charge is 0.475 e. The first-order valence-electron chi connectivity index (χ1n) is 9.95. The Bertz CT molecular complexity index is 951. The average Bonchev–Trinajstić information content (AvgIpc) is 3.40. The molecule has 0 unspecified atom stereocenters. The van der Waals surface area contributed by atoms with Crippen LogP contribution in [0.5, 0.6) is 0 Å². The highest BCUT2D eigenvalue weighted by Gasteiger charge is 2.38. The van der Waals surface area contributed by atoms with Gasteiger partial charge in [-0.15, -0.1) is 11.3 Å². The Morgan fingerprint density at radius 2 is 1.79 bits per heavy atom. The van der Waals surface area contributed by atoms with Gasteiger partial charge in [0.1, 0.15) is 11.4 Å². The zero-order chi connectivity index (χ0) is 24.8. The number of thiophene rings is 1. The van der Waals surface area contributed by atoms with Gasteiger partial charge in [-0.2, -0.15) is 13.2 Å². The first kappa shape index (κ1) is 26.3. The summed E-state index contributed by atoms with van der Waals surface area (Å²) in [6.07, 6.45) is -1.35. The van der Waals surface area contributed by atoms with Crippen molar-refractivity contribution in [3.8, 4) is 0 Å². The fourth-order valence-corrected chi connectivity index (χ4v) is 3.68. The number of carbonyl (C=O) groups is 3. The maximum atomic E-state index is 12.9. The van der Waals surface area contributed by atoms with Crippen LogP contribution in [0.15, 0.2) is 29.9 Å². The topological polar surface area (TPSA) is 108 Å². The first-order chi connectivity index (χ1) is 15.3. The van der Waals surface area contributed by atoms with Crippen molar-refractivity contribution in [2.24, 2.45) is 7.05 Å². The van der Waals surface area contributed by atoms with Crippen LogP contribution in [0.25, 0.3) is 0 Å². The van der Waals surface area contributed by atoms with E-state index in [-0.39, 0.29) is 11.8 Å². The molecule has 0 bridgehead atoms. The maximum Gasteiger partial charge on any atom is 0.490 e. The van der Waals surface area contributed by atoms with E-state index in [0.29, 0.717) is 18.0 Å². The van der Waals surface area contributed by atoms with Crippen molar-refractivity contribution in [2.75, 3.05) is 26.2 Å². The Labute approximate surface area is 192 Å². The maximum absolute atomic E-state index is 12.9. The minimum absolute atomic E-state index is 0.0425. The molecule has 1 saturated heterocycles. The van der Waals surface area contributed by atoms with Gasteiger partial charge in [0.05, 0.1) is 11.4 Å². The van der Waals surface area contributed by atoms with E-state index in [2.05, 4.69) is 15.2 Å². The number of piperazine rings is 1. The highest BCUT2D eigenvalue weighted by atomic mass is 32.1. The van der Waals surface area contributed by atoms with Crippen molar-refractivity contribution < 1.29 is 32.7 Å². The molecule has 3 rings (SSSR count). The van der Waals surface area contributed by atoms with E-state index in [4.69, 9.17) is 9.90 Å². The Kier molecular flexibility index (Phi) is 8.61. The lowest BCUT2D eigenvalue weighted by molar-refractivity contribution is -0.192. The van der Waals surface area contributed by atoms with Crippen LogP contribution in [-0.4, -0.2) is 80.1 Å². The van der Waals surface area contributed by atoms with Gasteiger partial charge in [0, 0.05) is 45.6 Å². The third-order valence-electron chi connectivity index (χ3n) is 4.89. The molecule has 2 N–H and O–H groups in total. The minimum Gasteiger partial charge on any atom is -0.475 e. The summed E-state index contributed by atoms with van der Waals surface area (Å²) in [6, 6.07) is 3.59. The number of nitrogens with one attached hydrogen (secondary N) is 1. The number of hydrogen-bond donors (Lipinski definition) is 2. The summed E-state index contributed by atoms with van der Waals surface area (Å²) in [5, 5.41) is 11.8. The van der Waals surface area contributed by atoms with Crippen LogP contribution in [0.4, 0.5) is 13.2 Å². The zero-order valence-electron chi connectivity index (χ0n) is 18.4. The van der Waals surface area contributed by atoms with Crippen molar-refractivity contribution in [3.63, 3.8) is 0 Å². The van der Waals surface area contributed by atoms with Crippen molar-refractivity contribution in [2.45, 2.75) is 32.1 Å². The lowest BCUT2D eigenvalue weighted by atomic mass is 10.0. The Morgan fingerprint density at radius 3 is 2.24 bits per heavy atom. The molecule has 9 nitrogen and oxygen atoms in total. The number of aromatic nitrogens is 2. The number of alkyl halides is 3. The van der Waals surface area contributed by atoms with Crippen molar-refractivity contribution in [1.82, 2.24) is 24.7 Å². The minimum atomic E-state index is -5.08. The summed E-state index contributed by atoms with van der Waals surface area (Å²) in [5.74, 6) is -1.98. The number of carboxylic acid groups (broad SMARTS) is 1.